The number of nitrogens with zero attached hydrogens (tertiary/aromatic N) is 6. The van der Waals surface area contributed by atoms with Crippen molar-refractivity contribution in [2.45, 2.75) is 39.8 Å². The quantitative estimate of drug-likeness (QED) is 0.411. The molecule has 37 heavy (non-hydrogen) atoms. The molecule has 5 rings (SSSR count). The van der Waals surface area contributed by atoms with E-state index in [-0.39, 0.29) is 6.09 Å². The van der Waals surface area contributed by atoms with E-state index in [9.17, 15) is 4.79 Å². The molecule has 1 saturated heterocycles. The number of hydrogen-bond donors (Lipinski definition) is 2. The van der Waals surface area contributed by atoms with Gasteiger partial charge in [-0.3, -0.25) is 4.90 Å². The second-order valence-electron chi connectivity index (χ2n) is 10.3. The first-order chi connectivity index (χ1) is 17.7. The summed E-state index contributed by atoms with van der Waals surface area (Å²) in [6.45, 7) is 11.3. The molecular weight excluding hydrogens is 468 g/mol. The Kier molecular flexibility index (Phi) is 6.75. The van der Waals surface area contributed by atoms with Gasteiger partial charge in [0, 0.05) is 50.7 Å². The Morgan fingerprint density at radius 1 is 1.11 bits per heavy atom. The summed E-state index contributed by atoms with van der Waals surface area (Å²) < 4.78 is 5.50. The molecule has 4 heterocycles. The lowest BCUT2D eigenvalue weighted by Crippen LogP contribution is -2.49. The number of H-pyrrole nitrogens is 1. The van der Waals surface area contributed by atoms with Crippen molar-refractivity contribution in [3.8, 4) is 11.3 Å². The average Bonchev–Trinajstić information content (AvgIpc) is 3.25. The number of nitrogens with one attached hydrogen (secondary N) is 2. The summed E-state index contributed by atoms with van der Waals surface area (Å²) in [6, 6.07) is 10.1. The van der Waals surface area contributed by atoms with Gasteiger partial charge in [0.25, 0.3) is 0 Å². The van der Waals surface area contributed by atoms with Crippen LogP contribution in [0.5, 0.6) is 0 Å². The molecule has 0 spiro atoms. The highest BCUT2D eigenvalue weighted by molar-refractivity contribution is 5.83. The van der Waals surface area contributed by atoms with Gasteiger partial charge in [0.2, 0.25) is 5.95 Å². The molecule has 1 fully saturated rings. The van der Waals surface area contributed by atoms with Crippen LogP contribution in [0, 0.1) is 6.92 Å². The van der Waals surface area contributed by atoms with Gasteiger partial charge in [-0.25, -0.2) is 24.7 Å². The van der Waals surface area contributed by atoms with E-state index >= 15 is 0 Å². The van der Waals surface area contributed by atoms with E-state index in [0.29, 0.717) is 19.0 Å². The lowest BCUT2D eigenvalue weighted by atomic mass is 10.1. The van der Waals surface area contributed by atoms with Crippen molar-refractivity contribution < 1.29 is 9.53 Å². The number of hydrogen-bond acceptors (Lipinski definition) is 8. The van der Waals surface area contributed by atoms with Crippen LogP contribution in [0.4, 0.5) is 16.6 Å². The van der Waals surface area contributed by atoms with Crippen LogP contribution in [-0.2, 0) is 11.3 Å². The molecule has 4 aromatic rings. The first-order valence-electron chi connectivity index (χ1n) is 12.4. The number of rotatable bonds is 5. The van der Waals surface area contributed by atoms with Crippen molar-refractivity contribution in [2.75, 3.05) is 31.5 Å². The third-order valence-corrected chi connectivity index (χ3v) is 6.15. The third kappa shape index (κ3) is 6.03. The van der Waals surface area contributed by atoms with E-state index in [2.05, 4.69) is 35.1 Å². The van der Waals surface area contributed by atoms with Crippen molar-refractivity contribution in [3.05, 3.63) is 60.2 Å². The lowest BCUT2D eigenvalue weighted by Gasteiger charge is -2.35. The minimum Gasteiger partial charge on any atom is -0.444 e. The molecule has 3 aromatic heterocycles. The van der Waals surface area contributed by atoms with E-state index in [1.54, 1.807) is 17.4 Å². The Balaban J connectivity index is 1.22. The molecule has 192 valence electrons. The van der Waals surface area contributed by atoms with E-state index in [1.165, 1.54) is 0 Å². The first kappa shape index (κ1) is 24.6. The fourth-order valence-electron chi connectivity index (χ4n) is 4.35. The fraction of sp³-hybridized carbons (Fsp3) is 0.370. The van der Waals surface area contributed by atoms with E-state index in [1.807, 2.05) is 64.2 Å². The summed E-state index contributed by atoms with van der Waals surface area (Å²) in [7, 11) is 0. The predicted molar refractivity (Wildman–Crippen MR) is 142 cm³/mol. The molecule has 2 N–H and O–H groups in total. The molecule has 1 aromatic carbocycles. The largest absolute Gasteiger partial charge is 0.444 e. The second-order valence-corrected chi connectivity index (χ2v) is 10.3. The molecule has 0 unspecified atom stereocenters. The number of ether oxygens (including phenoxy) is 1. The van der Waals surface area contributed by atoms with E-state index in [4.69, 9.17) is 4.74 Å². The Labute approximate surface area is 216 Å². The Bertz CT molecular complexity index is 1400. The van der Waals surface area contributed by atoms with E-state index < -0.39 is 5.60 Å². The van der Waals surface area contributed by atoms with Crippen LogP contribution in [0.25, 0.3) is 22.3 Å². The van der Waals surface area contributed by atoms with Crippen LogP contribution >= 0.6 is 0 Å². The predicted octanol–water partition coefficient (Wildman–Crippen LogP) is 4.52. The number of carbonyl (C=O) groups is 1. The Morgan fingerprint density at radius 2 is 1.92 bits per heavy atom. The van der Waals surface area contributed by atoms with Crippen molar-refractivity contribution >= 4 is 28.9 Å². The summed E-state index contributed by atoms with van der Waals surface area (Å²) >= 11 is 0. The number of anilines is 2. The molecule has 0 radical (unpaired) electrons. The number of piperazine rings is 1. The number of amides is 1. The summed E-state index contributed by atoms with van der Waals surface area (Å²) in [6.07, 6.45) is 4.93. The summed E-state index contributed by atoms with van der Waals surface area (Å²) in [5.41, 5.74) is 5.37. The van der Waals surface area contributed by atoms with Gasteiger partial charge < -0.3 is 19.9 Å². The number of pyridine rings is 1. The summed E-state index contributed by atoms with van der Waals surface area (Å²) in [5, 5.41) is 3.29. The monoisotopic (exact) mass is 500 g/mol. The zero-order valence-corrected chi connectivity index (χ0v) is 21.7. The number of aromatic nitrogens is 5. The van der Waals surface area contributed by atoms with Crippen molar-refractivity contribution in [1.82, 2.24) is 34.7 Å². The van der Waals surface area contributed by atoms with Gasteiger partial charge in [-0.2, -0.15) is 0 Å². The third-order valence-electron chi connectivity index (χ3n) is 6.15. The molecule has 10 nitrogen and oxygen atoms in total. The number of fused-ring (bicyclic) bond motifs is 1. The smallest absolute Gasteiger partial charge is 0.410 e. The minimum absolute atomic E-state index is 0.243. The molecule has 1 aliphatic heterocycles. The number of carbonyl (C=O) groups excluding carboxylic acids is 1. The highest BCUT2D eigenvalue weighted by Crippen LogP contribution is 2.25. The van der Waals surface area contributed by atoms with Crippen molar-refractivity contribution in [1.29, 1.82) is 0 Å². The summed E-state index contributed by atoms with van der Waals surface area (Å²) in [5.74, 6) is 1.35. The zero-order valence-electron chi connectivity index (χ0n) is 21.7. The summed E-state index contributed by atoms with van der Waals surface area (Å²) in [4.78, 5) is 37.4. The zero-order chi connectivity index (χ0) is 26.0. The number of aryl methyl sites for hydroxylation is 1. The van der Waals surface area contributed by atoms with Gasteiger partial charge in [0.15, 0.2) is 0 Å². The molecule has 0 aliphatic carbocycles. The maximum atomic E-state index is 12.3. The van der Waals surface area contributed by atoms with Gasteiger partial charge >= 0.3 is 6.09 Å². The van der Waals surface area contributed by atoms with Gasteiger partial charge in [-0.15, -0.1) is 0 Å². The van der Waals surface area contributed by atoms with Crippen LogP contribution in [0.15, 0.2) is 49.1 Å². The standard InChI is InChI=1S/C27H32N8O2/c1-18-15-28-17-30-24(18)20-5-6-21-22(14-20)32-25(31-21)33-23-13-19(7-8-29-23)16-34-9-11-35(12-10-34)26(36)37-27(2,3)4/h5-8,13-15,17H,9-12,16H2,1-4H3,(H2,29,31,32,33). The molecule has 1 amide bonds. The molecule has 0 bridgehead atoms. The van der Waals surface area contributed by atoms with Gasteiger partial charge in [-0.1, -0.05) is 6.07 Å². The van der Waals surface area contributed by atoms with Crippen LogP contribution in [-0.4, -0.2) is 72.6 Å². The first-order valence-corrected chi connectivity index (χ1v) is 12.4. The van der Waals surface area contributed by atoms with Crippen LogP contribution in [0.2, 0.25) is 0 Å². The SMILES string of the molecule is Cc1cncnc1-c1ccc2nc(Nc3cc(CN4CCN(C(=O)OC(C)(C)C)CC4)ccn3)[nH]c2c1. The van der Waals surface area contributed by atoms with Gasteiger partial charge in [0.05, 0.1) is 16.7 Å². The number of imidazole rings is 1. The number of aromatic amines is 1. The normalized spacial score (nSPS) is 14.6. The van der Waals surface area contributed by atoms with Crippen LogP contribution in [0.3, 0.4) is 0 Å². The van der Waals surface area contributed by atoms with Crippen LogP contribution in [0.1, 0.15) is 31.9 Å². The van der Waals surface area contributed by atoms with Gasteiger partial charge in [-0.05, 0) is 63.1 Å². The highest BCUT2D eigenvalue weighted by atomic mass is 16.6. The average molecular weight is 501 g/mol. The maximum absolute atomic E-state index is 12.3. The van der Waals surface area contributed by atoms with Gasteiger partial charge in [0.1, 0.15) is 17.7 Å². The maximum Gasteiger partial charge on any atom is 0.410 e. The Morgan fingerprint density at radius 3 is 2.68 bits per heavy atom. The molecular formula is C27H32N8O2. The molecule has 0 saturated carbocycles. The number of benzene rings is 1. The van der Waals surface area contributed by atoms with E-state index in [0.717, 1.165) is 58.9 Å². The molecule has 1 aliphatic rings. The molecule has 0 atom stereocenters. The topological polar surface area (TPSA) is 112 Å². The Hall–Kier alpha value is -4.05. The second kappa shape index (κ2) is 10.1. The lowest BCUT2D eigenvalue weighted by molar-refractivity contribution is 0.0139. The minimum atomic E-state index is -0.480. The molecule has 10 heteroatoms. The van der Waals surface area contributed by atoms with Crippen LogP contribution < -0.4 is 5.32 Å². The highest BCUT2D eigenvalue weighted by Gasteiger charge is 2.25. The van der Waals surface area contributed by atoms with Crippen molar-refractivity contribution in [3.63, 3.8) is 0 Å². The fourth-order valence-corrected chi connectivity index (χ4v) is 4.35. The van der Waals surface area contributed by atoms with Crippen molar-refractivity contribution in [2.24, 2.45) is 0 Å².